The number of allylic oxidation sites excluding steroid dienone is 1. The van der Waals surface area contributed by atoms with E-state index in [0.717, 1.165) is 16.5 Å². The Hall–Kier alpha value is -3.65. The van der Waals surface area contributed by atoms with Gasteiger partial charge < -0.3 is 9.97 Å². The molecule has 0 saturated heterocycles. The number of hydrogen-bond acceptors (Lipinski definition) is 3. The van der Waals surface area contributed by atoms with Crippen LogP contribution < -0.4 is 5.56 Å². The lowest BCUT2D eigenvalue weighted by molar-refractivity contribution is 1.13. The van der Waals surface area contributed by atoms with Crippen LogP contribution in [0.1, 0.15) is 11.4 Å². The van der Waals surface area contributed by atoms with Gasteiger partial charge in [-0.2, -0.15) is 5.26 Å². The van der Waals surface area contributed by atoms with Gasteiger partial charge in [0, 0.05) is 22.7 Å². The van der Waals surface area contributed by atoms with Gasteiger partial charge in [0.15, 0.2) is 5.82 Å². The quantitative estimate of drug-likeness (QED) is 0.556. The number of benzene rings is 2. The summed E-state index contributed by atoms with van der Waals surface area (Å²) in [6, 6.07) is 17.0. The van der Waals surface area contributed by atoms with Crippen molar-refractivity contribution in [2.45, 2.75) is 0 Å². The number of aromatic nitrogens is 3. The number of para-hydroxylation sites is 2. The Morgan fingerprint density at radius 3 is 2.67 bits per heavy atom. The normalized spacial score (nSPS) is 11.7. The van der Waals surface area contributed by atoms with E-state index < -0.39 is 0 Å². The van der Waals surface area contributed by atoms with Crippen molar-refractivity contribution in [3.05, 3.63) is 76.5 Å². The van der Waals surface area contributed by atoms with Crippen LogP contribution in [0.25, 0.3) is 33.5 Å². The number of hydrogen-bond donors (Lipinski definition) is 2. The maximum Gasteiger partial charge on any atom is 0.259 e. The minimum atomic E-state index is -0.254. The summed E-state index contributed by atoms with van der Waals surface area (Å²) in [5, 5.41) is 11.0. The Morgan fingerprint density at radius 2 is 1.83 bits per heavy atom. The molecule has 0 fully saturated rings. The highest BCUT2D eigenvalue weighted by atomic mass is 16.1. The van der Waals surface area contributed by atoms with E-state index in [1.165, 1.54) is 0 Å². The average molecular weight is 312 g/mol. The largest absolute Gasteiger partial charge is 0.361 e. The van der Waals surface area contributed by atoms with Crippen molar-refractivity contribution in [2.75, 3.05) is 0 Å². The van der Waals surface area contributed by atoms with E-state index in [4.69, 9.17) is 0 Å². The fraction of sp³-hybridized carbons (Fsp3) is 0. The number of rotatable bonds is 2. The van der Waals surface area contributed by atoms with Crippen molar-refractivity contribution in [2.24, 2.45) is 0 Å². The zero-order valence-electron chi connectivity index (χ0n) is 12.6. The van der Waals surface area contributed by atoms with Gasteiger partial charge in [0.1, 0.15) is 6.07 Å². The van der Waals surface area contributed by atoms with E-state index in [-0.39, 0.29) is 11.4 Å². The van der Waals surface area contributed by atoms with Crippen molar-refractivity contribution in [1.29, 1.82) is 5.26 Å². The fourth-order valence-corrected chi connectivity index (χ4v) is 2.74. The first-order chi connectivity index (χ1) is 11.8. The van der Waals surface area contributed by atoms with Gasteiger partial charge in [-0.3, -0.25) is 4.79 Å². The number of H-pyrrole nitrogens is 2. The summed E-state index contributed by atoms with van der Waals surface area (Å²) < 4.78 is 0. The molecule has 0 unspecified atom stereocenters. The van der Waals surface area contributed by atoms with Crippen LogP contribution in [0.15, 0.2) is 59.5 Å². The second-order valence-corrected chi connectivity index (χ2v) is 5.39. The van der Waals surface area contributed by atoms with Crippen LogP contribution in [0.5, 0.6) is 0 Å². The summed E-state index contributed by atoms with van der Waals surface area (Å²) >= 11 is 0. The molecule has 4 rings (SSSR count). The third-order valence-corrected chi connectivity index (χ3v) is 3.91. The lowest BCUT2D eigenvalue weighted by Gasteiger charge is -2.01. The van der Waals surface area contributed by atoms with Gasteiger partial charge >= 0.3 is 0 Å². The molecule has 2 aromatic heterocycles. The molecule has 2 N–H and O–H groups in total. The van der Waals surface area contributed by atoms with Crippen molar-refractivity contribution in [1.82, 2.24) is 15.0 Å². The van der Waals surface area contributed by atoms with Gasteiger partial charge in [-0.05, 0) is 24.3 Å². The zero-order valence-corrected chi connectivity index (χ0v) is 12.6. The zero-order chi connectivity index (χ0) is 16.5. The average Bonchev–Trinajstić information content (AvgIpc) is 3.02. The molecule has 24 heavy (non-hydrogen) atoms. The Morgan fingerprint density at radius 1 is 1.08 bits per heavy atom. The molecule has 0 atom stereocenters. The molecular weight excluding hydrogens is 300 g/mol. The summed E-state index contributed by atoms with van der Waals surface area (Å²) in [6.07, 6.45) is 3.56. The summed E-state index contributed by atoms with van der Waals surface area (Å²) in [5.41, 5.74) is 2.48. The first kappa shape index (κ1) is 14.0. The van der Waals surface area contributed by atoms with E-state index >= 15 is 0 Å². The molecule has 0 aliphatic rings. The van der Waals surface area contributed by atoms with Crippen LogP contribution in [0.4, 0.5) is 0 Å². The van der Waals surface area contributed by atoms with E-state index in [1.807, 2.05) is 36.5 Å². The predicted octanol–water partition coefficient (Wildman–Crippen LogP) is 3.47. The molecule has 2 heterocycles. The summed E-state index contributed by atoms with van der Waals surface area (Å²) in [7, 11) is 0. The van der Waals surface area contributed by atoms with Crippen molar-refractivity contribution < 1.29 is 0 Å². The van der Waals surface area contributed by atoms with E-state index in [0.29, 0.717) is 16.5 Å². The number of nitrogens with one attached hydrogen (secondary N) is 2. The number of fused-ring (bicyclic) bond motifs is 2. The minimum absolute atomic E-state index is 0.254. The maximum absolute atomic E-state index is 12.2. The third-order valence-electron chi connectivity index (χ3n) is 3.91. The van der Waals surface area contributed by atoms with Gasteiger partial charge in [0.2, 0.25) is 0 Å². The first-order valence-electron chi connectivity index (χ1n) is 7.43. The molecule has 0 radical (unpaired) electrons. The lowest BCUT2D eigenvalue weighted by atomic mass is 10.1. The molecular formula is C19H12N4O. The van der Waals surface area contributed by atoms with Crippen molar-refractivity contribution in [3.8, 4) is 6.07 Å². The number of aromatic amines is 2. The molecule has 114 valence electrons. The lowest BCUT2D eigenvalue weighted by Crippen LogP contribution is -2.11. The Labute approximate surface area is 136 Å². The highest BCUT2D eigenvalue weighted by Gasteiger charge is 2.09. The Bertz CT molecular complexity index is 1190. The number of nitrogens with zero attached hydrogens (tertiary/aromatic N) is 2. The molecule has 5 nitrogen and oxygen atoms in total. The molecule has 4 aromatic rings. The van der Waals surface area contributed by atoms with Crippen LogP contribution in [0.3, 0.4) is 0 Å². The smallest absolute Gasteiger partial charge is 0.259 e. The van der Waals surface area contributed by atoms with Crippen LogP contribution >= 0.6 is 0 Å². The molecule has 2 aromatic carbocycles. The van der Waals surface area contributed by atoms with Gasteiger partial charge in [0.25, 0.3) is 5.56 Å². The highest BCUT2D eigenvalue weighted by molar-refractivity contribution is 5.97. The van der Waals surface area contributed by atoms with Gasteiger partial charge in [-0.1, -0.05) is 30.3 Å². The van der Waals surface area contributed by atoms with Gasteiger partial charge in [0.05, 0.1) is 16.5 Å². The molecule has 0 aliphatic carbocycles. The van der Waals surface area contributed by atoms with Gasteiger partial charge in [-0.15, -0.1) is 0 Å². The van der Waals surface area contributed by atoms with Crippen LogP contribution in [-0.2, 0) is 0 Å². The SMILES string of the molecule is N#C/C(=C\c1c[nH]c2ccccc12)c1nc2ccccc2c(=O)[nH]1. The highest BCUT2D eigenvalue weighted by Crippen LogP contribution is 2.22. The van der Waals surface area contributed by atoms with Gasteiger partial charge in [-0.25, -0.2) is 4.98 Å². The number of nitriles is 1. The monoisotopic (exact) mass is 312 g/mol. The van der Waals surface area contributed by atoms with E-state index in [2.05, 4.69) is 21.0 Å². The second-order valence-electron chi connectivity index (χ2n) is 5.39. The fourth-order valence-electron chi connectivity index (χ4n) is 2.74. The van der Waals surface area contributed by atoms with Crippen molar-refractivity contribution >= 4 is 33.5 Å². The predicted molar refractivity (Wildman–Crippen MR) is 94.1 cm³/mol. The molecule has 0 spiro atoms. The molecule has 5 heteroatoms. The third kappa shape index (κ3) is 2.27. The molecule has 0 bridgehead atoms. The standard InChI is InChI=1S/C19H12N4O/c20-10-12(9-13-11-21-16-7-3-1-5-14(13)16)18-22-17-8-4-2-6-15(17)19(24)23-18/h1-9,11,21H,(H,22,23,24)/b12-9+. The van der Waals surface area contributed by atoms with Crippen molar-refractivity contribution in [3.63, 3.8) is 0 Å². The Kier molecular flexibility index (Phi) is 3.22. The second kappa shape index (κ2) is 5.52. The summed E-state index contributed by atoms with van der Waals surface area (Å²) in [4.78, 5) is 22.5. The Balaban J connectivity index is 1.90. The van der Waals surface area contributed by atoms with E-state index in [9.17, 15) is 10.1 Å². The minimum Gasteiger partial charge on any atom is -0.361 e. The van der Waals surface area contributed by atoms with E-state index in [1.54, 1.807) is 24.3 Å². The summed E-state index contributed by atoms with van der Waals surface area (Å²) in [5.74, 6) is 0.270. The molecule has 0 amide bonds. The summed E-state index contributed by atoms with van der Waals surface area (Å²) in [6.45, 7) is 0. The molecule has 0 saturated carbocycles. The maximum atomic E-state index is 12.2. The van der Waals surface area contributed by atoms with Crippen LogP contribution in [0, 0.1) is 11.3 Å². The van der Waals surface area contributed by atoms with Crippen LogP contribution in [0.2, 0.25) is 0 Å². The van der Waals surface area contributed by atoms with Crippen LogP contribution in [-0.4, -0.2) is 15.0 Å². The molecule has 0 aliphatic heterocycles. The first-order valence-corrected chi connectivity index (χ1v) is 7.43. The topological polar surface area (TPSA) is 85.3 Å².